The molecule has 0 bridgehead atoms. The van der Waals surface area contributed by atoms with Gasteiger partial charge in [0.15, 0.2) is 0 Å². The Morgan fingerprint density at radius 2 is 2.43 bits per heavy atom. The van der Waals surface area contributed by atoms with Crippen LogP contribution in [0.1, 0.15) is 36.0 Å². The second kappa shape index (κ2) is 4.76. The van der Waals surface area contributed by atoms with Crippen LogP contribution in [0, 0.1) is 0 Å². The van der Waals surface area contributed by atoms with Crippen LogP contribution >= 0.6 is 0 Å². The highest BCUT2D eigenvalue weighted by Gasteiger charge is 2.18. The largest absolute Gasteiger partial charge is 0.462 e. The molecular formula is C9H14N2O3. The van der Waals surface area contributed by atoms with Gasteiger partial charge < -0.3 is 9.47 Å². The normalized spacial score (nSPS) is 12.5. The molecule has 78 valence electrons. The zero-order valence-electron chi connectivity index (χ0n) is 8.53. The summed E-state index contributed by atoms with van der Waals surface area (Å²) in [6.45, 7) is 3.94. The molecule has 0 aliphatic carbocycles. The number of carbonyl (C=O) groups excluding carboxylic acids is 1. The zero-order valence-corrected chi connectivity index (χ0v) is 8.53. The molecule has 0 amide bonds. The van der Waals surface area contributed by atoms with E-state index in [4.69, 9.17) is 9.47 Å². The van der Waals surface area contributed by atoms with E-state index in [1.165, 1.54) is 6.20 Å². The van der Waals surface area contributed by atoms with Crippen LogP contribution < -0.4 is 0 Å². The first-order valence-corrected chi connectivity index (χ1v) is 4.43. The third-order valence-corrected chi connectivity index (χ3v) is 1.92. The van der Waals surface area contributed by atoms with Gasteiger partial charge in [0.05, 0.1) is 24.6 Å². The van der Waals surface area contributed by atoms with Crippen LogP contribution in [0.4, 0.5) is 0 Å². The van der Waals surface area contributed by atoms with Crippen molar-refractivity contribution in [3.8, 4) is 0 Å². The molecule has 1 aromatic heterocycles. The molecule has 1 aromatic rings. The molecule has 5 heteroatoms. The standard InChI is InChI=1S/C9H14N2O3/c1-4-14-9(12)7-5-10-11-8(7)6(2)13-3/h5-6H,4H2,1-3H3,(H,10,11). The summed E-state index contributed by atoms with van der Waals surface area (Å²) in [5, 5.41) is 6.51. The predicted octanol–water partition coefficient (Wildman–Crippen LogP) is 1.29. The number of aromatic nitrogens is 2. The Kier molecular flexibility index (Phi) is 3.64. The molecule has 1 N–H and O–H groups in total. The van der Waals surface area contributed by atoms with E-state index in [2.05, 4.69) is 10.2 Å². The Hall–Kier alpha value is -1.36. The molecule has 14 heavy (non-hydrogen) atoms. The second-order valence-corrected chi connectivity index (χ2v) is 2.80. The molecule has 5 nitrogen and oxygen atoms in total. The first-order chi connectivity index (χ1) is 6.70. The quantitative estimate of drug-likeness (QED) is 0.740. The first kappa shape index (κ1) is 10.7. The summed E-state index contributed by atoms with van der Waals surface area (Å²) in [7, 11) is 1.57. The maximum atomic E-state index is 11.4. The van der Waals surface area contributed by atoms with Gasteiger partial charge in [-0.15, -0.1) is 0 Å². The zero-order chi connectivity index (χ0) is 10.6. The van der Waals surface area contributed by atoms with Crippen LogP contribution in [0.25, 0.3) is 0 Å². The lowest BCUT2D eigenvalue weighted by atomic mass is 10.2. The van der Waals surface area contributed by atoms with Crippen molar-refractivity contribution < 1.29 is 14.3 Å². The minimum absolute atomic E-state index is 0.197. The highest BCUT2D eigenvalue weighted by Crippen LogP contribution is 2.17. The third-order valence-electron chi connectivity index (χ3n) is 1.92. The number of nitrogens with zero attached hydrogens (tertiary/aromatic N) is 1. The molecule has 0 radical (unpaired) electrons. The lowest BCUT2D eigenvalue weighted by Gasteiger charge is -2.08. The van der Waals surface area contributed by atoms with Crippen LogP contribution in [-0.4, -0.2) is 29.9 Å². The van der Waals surface area contributed by atoms with Crippen LogP contribution in [0.3, 0.4) is 0 Å². The minimum Gasteiger partial charge on any atom is -0.462 e. The van der Waals surface area contributed by atoms with E-state index in [0.29, 0.717) is 17.9 Å². The maximum Gasteiger partial charge on any atom is 0.341 e. The number of H-pyrrole nitrogens is 1. The molecule has 1 rings (SSSR count). The highest BCUT2D eigenvalue weighted by atomic mass is 16.5. The van der Waals surface area contributed by atoms with Crippen molar-refractivity contribution in [2.24, 2.45) is 0 Å². The van der Waals surface area contributed by atoms with E-state index >= 15 is 0 Å². The van der Waals surface area contributed by atoms with Gasteiger partial charge in [-0.1, -0.05) is 0 Å². The molecule has 1 atom stereocenters. The minimum atomic E-state index is -0.375. The van der Waals surface area contributed by atoms with Gasteiger partial charge in [-0.25, -0.2) is 4.79 Å². The number of methoxy groups -OCH3 is 1. The van der Waals surface area contributed by atoms with Crippen molar-refractivity contribution in [1.29, 1.82) is 0 Å². The molecule has 0 spiro atoms. The van der Waals surface area contributed by atoms with Crippen molar-refractivity contribution in [1.82, 2.24) is 10.2 Å². The Morgan fingerprint density at radius 1 is 1.71 bits per heavy atom. The van der Waals surface area contributed by atoms with Gasteiger partial charge in [-0.2, -0.15) is 5.10 Å². The van der Waals surface area contributed by atoms with Crippen LogP contribution in [0.2, 0.25) is 0 Å². The number of hydrogen-bond donors (Lipinski definition) is 1. The Morgan fingerprint density at radius 3 is 3.00 bits per heavy atom. The van der Waals surface area contributed by atoms with E-state index in [1.807, 2.05) is 6.92 Å². The molecule has 0 fully saturated rings. The van der Waals surface area contributed by atoms with E-state index in [1.54, 1.807) is 14.0 Å². The Balaban J connectivity index is 2.86. The average molecular weight is 198 g/mol. The number of nitrogens with one attached hydrogen (secondary N) is 1. The fourth-order valence-electron chi connectivity index (χ4n) is 1.10. The summed E-state index contributed by atoms with van der Waals surface area (Å²) in [5.41, 5.74) is 1.08. The van der Waals surface area contributed by atoms with Gasteiger partial charge in [0.2, 0.25) is 0 Å². The number of aromatic amines is 1. The average Bonchev–Trinajstić information content (AvgIpc) is 2.65. The molecule has 1 heterocycles. The summed E-state index contributed by atoms with van der Waals surface area (Å²) in [4.78, 5) is 11.4. The van der Waals surface area contributed by atoms with Gasteiger partial charge >= 0.3 is 5.97 Å². The van der Waals surface area contributed by atoms with Crippen molar-refractivity contribution in [2.45, 2.75) is 20.0 Å². The molecule has 0 saturated heterocycles. The van der Waals surface area contributed by atoms with Gasteiger partial charge in [0.25, 0.3) is 0 Å². The summed E-state index contributed by atoms with van der Waals surface area (Å²) in [5.74, 6) is -0.375. The summed E-state index contributed by atoms with van der Waals surface area (Å²) >= 11 is 0. The van der Waals surface area contributed by atoms with Crippen molar-refractivity contribution >= 4 is 5.97 Å². The van der Waals surface area contributed by atoms with E-state index < -0.39 is 0 Å². The van der Waals surface area contributed by atoms with Gasteiger partial charge in [0.1, 0.15) is 5.56 Å². The summed E-state index contributed by atoms with van der Waals surface area (Å²) in [6.07, 6.45) is 1.25. The number of rotatable bonds is 4. The molecule has 0 aliphatic heterocycles. The fraction of sp³-hybridized carbons (Fsp3) is 0.556. The van der Waals surface area contributed by atoms with Gasteiger partial charge in [-0.05, 0) is 13.8 Å². The monoisotopic (exact) mass is 198 g/mol. The second-order valence-electron chi connectivity index (χ2n) is 2.80. The van der Waals surface area contributed by atoms with Crippen LogP contribution in [0.5, 0.6) is 0 Å². The Bertz CT molecular complexity index is 309. The molecule has 1 unspecified atom stereocenters. The fourth-order valence-corrected chi connectivity index (χ4v) is 1.10. The number of esters is 1. The van der Waals surface area contributed by atoms with Crippen molar-refractivity contribution in [2.75, 3.05) is 13.7 Å². The smallest absolute Gasteiger partial charge is 0.341 e. The third kappa shape index (κ3) is 2.11. The number of ether oxygens (including phenoxy) is 2. The molecular weight excluding hydrogens is 184 g/mol. The first-order valence-electron chi connectivity index (χ1n) is 4.43. The van der Waals surface area contributed by atoms with E-state index in [9.17, 15) is 4.79 Å². The summed E-state index contributed by atoms with van der Waals surface area (Å²) in [6, 6.07) is 0. The van der Waals surface area contributed by atoms with Crippen molar-refractivity contribution in [3.63, 3.8) is 0 Å². The van der Waals surface area contributed by atoms with E-state index in [0.717, 1.165) is 0 Å². The lowest BCUT2D eigenvalue weighted by molar-refractivity contribution is 0.0515. The topological polar surface area (TPSA) is 64.2 Å². The van der Waals surface area contributed by atoms with Gasteiger partial charge in [-0.3, -0.25) is 5.10 Å². The van der Waals surface area contributed by atoms with Crippen LogP contribution in [0.15, 0.2) is 6.20 Å². The SMILES string of the molecule is CCOC(=O)c1cn[nH]c1C(C)OC. The van der Waals surface area contributed by atoms with Gasteiger partial charge in [0, 0.05) is 7.11 Å². The van der Waals surface area contributed by atoms with Crippen LogP contribution in [-0.2, 0) is 9.47 Å². The molecule has 0 aromatic carbocycles. The number of carbonyl (C=O) groups is 1. The summed E-state index contributed by atoms with van der Waals surface area (Å²) < 4.78 is 9.95. The number of hydrogen-bond acceptors (Lipinski definition) is 4. The van der Waals surface area contributed by atoms with Crippen molar-refractivity contribution in [3.05, 3.63) is 17.5 Å². The maximum absolute atomic E-state index is 11.4. The predicted molar refractivity (Wildman–Crippen MR) is 50.0 cm³/mol. The van der Waals surface area contributed by atoms with E-state index in [-0.39, 0.29) is 12.1 Å². The highest BCUT2D eigenvalue weighted by molar-refractivity contribution is 5.90. The molecule has 0 saturated carbocycles. The lowest BCUT2D eigenvalue weighted by Crippen LogP contribution is -2.09. The Labute approximate surface area is 82.4 Å². The molecule has 0 aliphatic rings.